The summed E-state index contributed by atoms with van der Waals surface area (Å²) in [7, 11) is 0. The maximum absolute atomic E-state index is 12.0. The second kappa shape index (κ2) is 7.97. The number of hydrogen-bond acceptors (Lipinski definition) is 5. The van der Waals surface area contributed by atoms with E-state index in [0.717, 1.165) is 29.3 Å². The zero-order valence-electron chi connectivity index (χ0n) is 12.2. The Hall–Kier alpha value is -1.08. The minimum atomic E-state index is -0.105. The first-order chi connectivity index (χ1) is 10.3. The van der Waals surface area contributed by atoms with Gasteiger partial charge in [-0.3, -0.25) is 10.1 Å². The highest BCUT2D eigenvalue weighted by molar-refractivity contribution is 7.99. The molecule has 3 rings (SSSR count). The molecule has 4 nitrogen and oxygen atoms in total. The summed E-state index contributed by atoms with van der Waals surface area (Å²) < 4.78 is 0. The van der Waals surface area contributed by atoms with E-state index in [1.165, 1.54) is 16.9 Å². The molecule has 1 atom stereocenters. The number of halogens is 1. The van der Waals surface area contributed by atoms with Gasteiger partial charge in [0.15, 0.2) is 5.13 Å². The minimum Gasteiger partial charge on any atom is -0.301 e. The van der Waals surface area contributed by atoms with Crippen LogP contribution < -0.4 is 10.6 Å². The van der Waals surface area contributed by atoms with Crippen LogP contribution in [-0.4, -0.2) is 28.6 Å². The zero-order chi connectivity index (χ0) is 14.7. The lowest BCUT2D eigenvalue weighted by Gasteiger charge is -2.07. The molecule has 1 saturated heterocycles. The Labute approximate surface area is 144 Å². The fraction of sp³-hybridized carbons (Fsp3) is 0.333. The van der Waals surface area contributed by atoms with Crippen molar-refractivity contribution in [1.82, 2.24) is 10.3 Å². The second-order valence-corrected chi connectivity index (χ2v) is 6.74. The van der Waals surface area contributed by atoms with Crippen LogP contribution in [0, 0.1) is 0 Å². The molecule has 0 bridgehead atoms. The third kappa shape index (κ3) is 4.01. The Bertz CT molecular complexity index is 624. The van der Waals surface area contributed by atoms with Gasteiger partial charge in [0.1, 0.15) is 0 Å². The van der Waals surface area contributed by atoms with Gasteiger partial charge in [0.25, 0.3) is 0 Å². The summed E-state index contributed by atoms with van der Waals surface area (Å²) in [5.74, 6) is 1.66. The molecule has 1 amide bonds. The van der Waals surface area contributed by atoms with E-state index < -0.39 is 0 Å². The number of anilines is 1. The summed E-state index contributed by atoms with van der Waals surface area (Å²) >= 11 is 3.20. The maximum Gasteiger partial charge on any atom is 0.244 e. The van der Waals surface area contributed by atoms with Crippen molar-refractivity contribution >= 4 is 46.5 Å². The van der Waals surface area contributed by atoms with E-state index in [2.05, 4.69) is 46.8 Å². The molecule has 118 valence electrons. The Balaban J connectivity index is 0.00000176. The van der Waals surface area contributed by atoms with Gasteiger partial charge in [-0.2, -0.15) is 0 Å². The van der Waals surface area contributed by atoms with Crippen molar-refractivity contribution in [3.8, 4) is 11.3 Å². The lowest BCUT2D eigenvalue weighted by molar-refractivity contribution is -0.117. The Morgan fingerprint density at radius 3 is 2.82 bits per heavy atom. The highest BCUT2D eigenvalue weighted by Crippen LogP contribution is 2.25. The molecule has 0 radical (unpaired) electrons. The number of aryl methyl sites for hydroxylation is 1. The van der Waals surface area contributed by atoms with Crippen LogP contribution >= 0.6 is 35.5 Å². The third-order valence-corrected chi connectivity index (χ3v) is 5.12. The topological polar surface area (TPSA) is 54.0 Å². The number of thioether (sulfide) groups is 1. The summed E-state index contributed by atoms with van der Waals surface area (Å²) in [4.78, 5) is 16.5. The molecule has 22 heavy (non-hydrogen) atoms. The zero-order valence-corrected chi connectivity index (χ0v) is 14.6. The average Bonchev–Trinajstić information content (AvgIpc) is 3.19. The molecule has 1 aliphatic rings. The summed E-state index contributed by atoms with van der Waals surface area (Å²) in [5, 5.41) is 8.68. The van der Waals surface area contributed by atoms with E-state index in [1.807, 2.05) is 5.38 Å². The van der Waals surface area contributed by atoms with Crippen LogP contribution in [0.2, 0.25) is 0 Å². The monoisotopic (exact) mass is 355 g/mol. The number of carbonyl (C=O) groups excluding carboxylic acids is 1. The molecule has 0 spiro atoms. The van der Waals surface area contributed by atoms with Crippen LogP contribution in [0.25, 0.3) is 11.3 Å². The van der Waals surface area contributed by atoms with E-state index in [4.69, 9.17) is 0 Å². The molecule has 1 aromatic heterocycles. The number of amides is 1. The minimum absolute atomic E-state index is 0. The van der Waals surface area contributed by atoms with E-state index in [9.17, 15) is 4.79 Å². The molecule has 1 aromatic carbocycles. The van der Waals surface area contributed by atoms with E-state index in [-0.39, 0.29) is 24.4 Å². The van der Waals surface area contributed by atoms with Crippen molar-refractivity contribution in [2.75, 3.05) is 16.9 Å². The smallest absolute Gasteiger partial charge is 0.244 e. The normalized spacial score (nSPS) is 17.0. The number of carbonyl (C=O) groups is 1. The average molecular weight is 356 g/mol. The molecule has 1 unspecified atom stereocenters. The van der Waals surface area contributed by atoms with Crippen molar-refractivity contribution in [2.45, 2.75) is 19.4 Å². The standard InChI is InChI=1S/C15H17N3OS2.ClH/c1-2-10-3-5-11(6-4-10)12-8-21-15(17-12)18-14(19)13-7-20-9-16-13;/h3-6,8,13,16H,2,7,9H2,1H3,(H,17,18,19);1H. The van der Waals surface area contributed by atoms with Gasteiger partial charge >= 0.3 is 0 Å². The van der Waals surface area contributed by atoms with Gasteiger partial charge in [0.05, 0.1) is 11.7 Å². The van der Waals surface area contributed by atoms with Crippen molar-refractivity contribution in [1.29, 1.82) is 0 Å². The van der Waals surface area contributed by atoms with E-state index in [1.54, 1.807) is 11.8 Å². The SMILES string of the molecule is CCc1ccc(-c2csc(NC(=O)C3CSCN3)n2)cc1.Cl. The summed E-state index contributed by atoms with van der Waals surface area (Å²) in [6, 6.07) is 8.29. The molecular weight excluding hydrogens is 338 g/mol. The van der Waals surface area contributed by atoms with Gasteiger partial charge in [-0.15, -0.1) is 35.5 Å². The molecule has 1 aliphatic heterocycles. The molecule has 0 saturated carbocycles. The second-order valence-electron chi connectivity index (χ2n) is 4.85. The van der Waals surface area contributed by atoms with Gasteiger partial charge in [0, 0.05) is 22.6 Å². The number of benzene rings is 1. The van der Waals surface area contributed by atoms with Crippen LogP contribution in [0.3, 0.4) is 0 Å². The van der Waals surface area contributed by atoms with Gasteiger partial charge in [-0.1, -0.05) is 31.2 Å². The van der Waals surface area contributed by atoms with Crippen LogP contribution in [0.5, 0.6) is 0 Å². The lowest BCUT2D eigenvalue weighted by Crippen LogP contribution is -2.37. The number of nitrogens with zero attached hydrogens (tertiary/aromatic N) is 1. The number of nitrogens with one attached hydrogen (secondary N) is 2. The first-order valence-electron chi connectivity index (χ1n) is 6.93. The van der Waals surface area contributed by atoms with Gasteiger partial charge < -0.3 is 5.32 Å². The van der Waals surface area contributed by atoms with Gasteiger partial charge in [-0.05, 0) is 12.0 Å². The highest BCUT2D eigenvalue weighted by atomic mass is 35.5. The molecule has 1 fully saturated rings. The molecule has 0 aliphatic carbocycles. The Kier molecular flexibility index (Phi) is 6.26. The van der Waals surface area contributed by atoms with E-state index >= 15 is 0 Å². The van der Waals surface area contributed by atoms with Crippen LogP contribution in [-0.2, 0) is 11.2 Å². The summed E-state index contributed by atoms with van der Waals surface area (Å²) in [6.07, 6.45) is 1.03. The quantitative estimate of drug-likeness (QED) is 0.882. The van der Waals surface area contributed by atoms with E-state index in [0.29, 0.717) is 5.13 Å². The van der Waals surface area contributed by atoms with Crippen LogP contribution in [0.4, 0.5) is 5.13 Å². The number of thiazole rings is 1. The predicted molar refractivity (Wildman–Crippen MR) is 97.1 cm³/mol. The van der Waals surface area contributed by atoms with Crippen LogP contribution in [0.15, 0.2) is 29.6 Å². The fourth-order valence-corrected chi connectivity index (χ4v) is 3.80. The fourth-order valence-electron chi connectivity index (χ4n) is 2.13. The molecule has 2 N–H and O–H groups in total. The molecular formula is C15H18ClN3OS2. The highest BCUT2D eigenvalue weighted by Gasteiger charge is 2.23. The largest absolute Gasteiger partial charge is 0.301 e. The van der Waals surface area contributed by atoms with Crippen molar-refractivity contribution in [3.05, 3.63) is 35.2 Å². The molecule has 2 aromatic rings. The Morgan fingerprint density at radius 1 is 1.41 bits per heavy atom. The van der Waals surface area contributed by atoms with Crippen molar-refractivity contribution < 1.29 is 4.79 Å². The van der Waals surface area contributed by atoms with Gasteiger partial charge in [-0.25, -0.2) is 4.98 Å². The third-order valence-electron chi connectivity index (χ3n) is 3.43. The number of rotatable bonds is 4. The first-order valence-corrected chi connectivity index (χ1v) is 8.96. The number of hydrogen-bond donors (Lipinski definition) is 2. The summed E-state index contributed by atoms with van der Waals surface area (Å²) in [6.45, 7) is 2.14. The predicted octanol–water partition coefficient (Wildman–Crippen LogP) is 3.40. The first kappa shape index (κ1) is 17.3. The molecule has 7 heteroatoms. The Morgan fingerprint density at radius 2 is 2.18 bits per heavy atom. The van der Waals surface area contributed by atoms with Gasteiger partial charge in [0.2, 0.25) is 5.91 Å². The number of aromatic nitrogens is 1. The van der Waals surface area contributed by atoms with Crippen molar-refractivity contribution in [2.24, 2.45) is 0 Å². The molecule has 2 heterocycles. The van der Waals surface area contributed by atoms with Crippen molar-refractivity contribution in [3.63, 3.8) is 0 Å². The van der Waals surface area contributed by atoms with Crippen LogP contribution in [0.1, 0.15) is 12.5 Å². The lowest BCUT2D eigenvalue weighted by atomic mass is 10.1. The summed E-state index contributed by atoms with van der Waals surface area (Å²) in [5.41, 5.74) is 3.30. The maximum atomic E-state index is 12.0.